The van der Waals surface area contributed by atoms with Crippen molar-refractivity contribution < 1.29 is 0 Å². The molecule has 6 nitrogen and oxygen atoms in total. The lowest BCUT2D eigenvalue weighted by Gasteiger charge is -2.12. The number of aromatic nitrogens is 4. The number of aryl methyl sites for hydroxylation is 3. The van der Waals surface area contributed by atoms with Crippen molar-refractivity contribution >= 4 is 23.0 Å². The third kappa shape index (κ3) is 4.83. The van der Waals surface area contributed by atoms with E-state index in [9.17, 15) is 0 Å². The van der Waals surface area contributed by atoms with Crippen molar-refractivity contribution in [1.82, 2.24) is 24.9 Å². The van der Waals surface area contributed by atoms with Crippen molar-refractivity contribution in [2.45, 2.75) is 47.7 Å². The van der Waals surface area contributed by atoms with Gasteiger partial charge in [-0.15, -0.1) is 0 Å². The first-order valence-corrected chi connectivity index (χ1v) is 11.5. The number of nitrogens with zero attached hydrogens (tertiary/aromatic N) is 4. The molecule has 2 heterocycles. The standard InChI is InChI=1S/C26H30N6S/c1-17-11-9-10-12-22(17)16-31-21(5)25(19(3)29-31)28-26(33)27-15-24-18(2)30-32(20(24)4)23-13-7-6-8-14-23/h6-14H,15-16H2,1-5H3,(H2,27,28,33). The Morgan fingerprint density at radius 1 is 0.848 bits per heavy atom. The van der Waals surface area contributed by atoms with E-state index < -0.39 is 0 Å². The van der Waals surface area contributed by atoms with Crippen molar-refractivity contribution in [1.29, 1.82) is 0 Å². The number of para-hydroxylation sites is 1. The highest BCUT2D eigenvalue weighted by molar-refractivity contribution is 7.80. The van der Waals surface area contributed by atoms with Crippen molar-refractivity contribution in [3.8, 4) is 5.69 Å². The molecule has 0 atom stereocenters. The second-order valence-corrected chi connectivity index (χ2v) is 8.74. The summed E-state index contributed by atoms with van der Waals surface area (Å²) in [6.45, 7) is 11.7. The number of benzene rings is 2. The highest BCUT2D eigenvalue weighted by atomic mass is 32.1. The van der Waals surface area contributed by atoms with Crippen LogP contribution in [-0.2, 0) is 13.1 Å². The fourth-order valence-corrected chi connectivity index (χ4v) is 4.23. The van der Waals surface area contributed by atoms with Gasteiger partial charge in [-0.1, -0.05) is 42.5 Å². The lowest BCUT2D eigenvalue weighted by atomic mass is 10.1. The highest BCUT2D eigenvalue weighted by Gasteiger charge is 2.16. The van der Waals surface area contributed by atoms with Crippen LogP contribution in [0.2, 0.25) is 0 Å². The Balaban J connectivity index is 1.44. The van der Waals surface area contributed by atoms with Crippen LogP contribution in [0.1, 0.15) is 39.5 Å². The van der Waals surface area contributed by atoms with Gasteiger partial charge in [0.05, 0.1) is 35.0 Å². The summed E-state index contributed by atoms with van der Waals surface area (Å²) in [5, 5.41) is 16.7. The van der Waals surface area contributed by atoms with Gasteiger partial charge in [-0.25, -0.2) is 4.68 Å². The number of hydrogen-bond acceptors (Lipinski definition) is 3. The molecule has 4 aromatic rings. The molecule has 0 bridgehead atoms. The van der Waals surface area contributed by atoms with Gasteiger partial charge < -0.3 is 10.6 Å². The molecule has 0 unspecified atom stereocenters. The molecule has 2 N–H and O–H groups in total. The summed E-state index contributed by atoms with van der Waals surface area (Å²) in [7, 11) is 0. The molecule has 2 aromatic heterocycles. The van der Waals surface area contributed by atoms with Gasteiger partial charge in [0, 0.05) is 17.8 Å². The van der Waals surface area contributed by atoms with Crippen LogP contribution < -0.4 is 10.6 Å². The zero-order chi connectivity index (χ0) is 23.5. The molecule has 0 aliphatic heterocycles. The fraction of sp³-hybridized carbons (Fsp3) is 0.269. The maximum Gasteiger partial charge on any atom is 0.171 e. The summed E-state index contributed by atoms with van der Waals surface area (Å²) in [5.74, 6) is 0. The Morgan fingerprint density at radius 3 is 2.27 bits per heavy atom. The van der Waals surface area contributed by atoms with Gasteiger partial charge in [-0.3, -0.25) is 4.68 Å². The fourth-order valence-electron chi connectivity index (χ4n) is 4.06. The zero-order valence-electron chi connectivity index (χ0n) is 19.8. The lowest BCUT2D eigenvalue weighted by molar-refractivity contribution is 0.657. The van der Waals surface area contributed by atoms with Crippen LogP contribution in [-0.4, -0.2) is 24.7 Å². The third-order valence-electron chi connectivity index (χ3n) is 6.07. The van der Waals surface area contributed by atoms with Gasteiger partial charge in [0.2, 0.25) is 0 Å². The monoisotopic (exact) mass is 458 g/mol. The number of nitrogens with one attached hydrogen (secondary N) is 2. The summed E-state index contributed by atoms with van der Waals surface area (Å²) in [5.41, 5.74) is 9.75. The Bertz CT molecular complexity index is 1290. The summed E-state index contributed by atoms with van der Waals surface area (Å²) in [4.78, 5) is 0. The molecule has 0 fully saturated rings. The molecule has 170 valence electrons. The molecule has 33 heavy (non-hydrogen) atoms. The van der Waals surface area contributed by atoms with E-state index in [1.165, 1.54) is 11.1 Å². The van der Waals surface area contributed by atoms with Gasteiger partial charge in [0.25, 0.3) is 0 Å². The Morgan fingerprint density at radius 2 is 1.55 bits per heavy atom. The molecular weight excluding hydrogens is 428 g/mol. The van der Waals surface area contributed by atoms with E-state index in [4.69, 9.17) is 22.4 Å². The van der Waals surface area contributed by atoms with Gasteiger partial charge in [-0.2, -0.15) is 10.2 Å². The number of hydrogen-bond donors (Lipinski definition) is 2. The van der Waals surface area contributed by atoms with Crippen molar-refractivity contribution in [3.63, 3.8) is 0 Å². The van der Waals surface area contributed by atoms with Crippen LogP contribution in [0.15, 0.2) is 54.6 Å². The quantitative estimate of drug-likeness (QED) is 0.392. The second-order valence-electron chi connectivity index (χ2n) is 8.33. The maximum absolute atomic E-state index is 5.61. The minimum Gasteiger partial charge on any atom is -0.358 e. The molecule has 0 saturated carbocycles. The second kappa shape index (κ2) is 9.58. The van der Waals surface area contributed by atoms with E-state index in [0.29, 0.717) is 11.7 Å². The average molecular weight is 459 g/mol. The van der Waals surface area contributed by atoms with E-state index in [1.807, 2.05) is 41.4 Å². The van der Waals surface area contributed by atoms with Crippen LogP contribution in [0, 0.1) is 34.6 Å². The summed E-state index contributed by atoms with van der Waals surface area (Å²) in [6, 6.07) is 18.6. The van der Waals surface area contributed by atoms with Gasteiger partial charge in [0.1, 0.15) is 0 Å². The lowest BCUT2D eigenvalue weighted by Crippen LogP contribution is -2.28. The molecule has 0 saturated heterocycles. The van der Waals surface area contributed by atoms with Crippen LogP contribution in [0.25, 0.3) is 5.69 Å². The SMILES string of the molecule is Cc1ccccc1Cn1nc(C)c(NC(=S)NCc2c(C)nn(-c3ccccc3)c2C)c1C. The summed E-state index contributed by atoms with van der Waals surface area (Å²) >= 11 is 5.61. The van der Waals surface area contributed by atoms with Gasteiger partial charge in [0.15, 0.2) is 5.11 Å². The summed E-state index contributed by atoms with van der Waals surface area (Å²) < 4.78 is 4.01. The van der Waals surface area contributed by atoms with Crippen molar-refractivity contribution in [3.05, 3.63) is 94.1 Å². The highest BCUT2D eigenvalue weighted by Crippen LogP contribution is 2.22. The number of thiocarbonyl (C=S) groups is 1. The van der Waals surface area contributed by atoms with Crippen molar-refractivity contribution in [2.24, 2.45) is 0 Å². The maximum atomic E-state index is 5.61. The normalized spacial score (nSPS) is 10.9. The summed E-state index contributed by atoms with van der Waals surface area (Å²) in [6.07, 6.45) is 0. The molecular formula is C26H30N6S. The van der Waals surface area contributed by atoms with Gasteiger partial charge >= 0.3 is 0 Å². The Kier molecular flexibility index (Phi) is 6.60. The topological polar surface area (TPSA) is 59.7 Å². The van der Waals surface area contributed by atoms with Crippen LogP contribution >= 0.6 is 12.2 Å². The molecule has 0 amide bonds. The first kappa shape index (κ1) is 22.7. The van der Waals surface area contributed by atoms with E-state index in [-0.39, 0.29) is 0 Å². The molecule has 4 rings (SSSR count). The zero-order valence-corrected chi connectivity index (χ0v) is 20.6. The van der Waals surface area contributed by atoms with Gasteiger partial charge in [-0.05, 0) is 70.1 Å². The molecule has 0 radical (unpaired) electrons. The van der Waals surface area contributed by atoms with Crippen LogP contribution in [0.4, 0.5) is 5.69 Å². The minimum atomic E-state index is 0.572. The molecule has 0 spiro atoms. The largest absolute Gasteiger partial charge is 0.358 e. The predicted octanol–water partition coefficient (Wildman–Crippen LogP) is 5.15. The molecule has 7 heteroatoms. The predicted molar refractivity (Wildman–Crippen MR) is 138 cm³/mol. The average Bonchev–Trinajstić information content (AvgIpc) is 3.24. The first-order chi connectivity index (χ1) is 15.8. The third-order valence-corrected chi connectivity index (χ3v) is 6.32. The Hall–Kier alpha value is -3.45. The van der Waals surface area contributed by atoms with Crippen LogP contribution in [0.5, 0.6) is 0 Å². The minimum absolute atomic E-state index is 0.572. The molecule has 0 aliphatic carbocycles. The van der Waals surface area contributed by atoms with E-state index in [1.54, 1.807) is 0 Å². The van der Waals surface area contributed by atoms with Crippen molar-refractivity contribution in [2.75, 3.05) is 5.32 Å². The number of rotatable bonds is 6. The first-order valence-electron chi connectivity index (χ1n) is 11.1. The van der Waals surface area contributed by atoms with Crippen LogP contribution in [0.3, 0.4) is 0 Å². The van der Waals surface area contributed by atoms with E-state index in [0.717, 1.165) is 46.3 Å². The van der Waals surface area contributed by atoms with E-state index in [2.05, 4.69) is 67.8 Å². The number of anilines is 1. The molecule has 2 aromatic carbocycles. The van der Waals surface area contributed by atoms with E-state index >= 15 is 0 Å². The smallest absolute Gasteiger partial charge is 0.171 e. The Labute approximate surface area is 200 Å². The molecule has 0 aliphatic rings.